The number of para-hydroxylation sites is 1. The first-order valence-electron chi connectivity index (χ1n) is 9.26. The number of benzene rings is 2. The minimum Gasteiger partial charge on any atom is -0.495 e. The Morgan fingerprint density at radius 2 is 1.77 bits per heavy atom. The molecule has 0 saturated carbocycles. The lowest BCUT2D eigenvalue weighted by atomic mass is 9.97. The molecule has 3 aromatic rings. The van der Waals surface area contributed by atoms with Crippen molar-refractivity contribution in [2.75, 3.05) is 23.9 Å². The Labute approximate surface area is 171 Å². The molecule has 1 N–H and O–H groups in total. The summed E-state index contributed by atoms with van der Waals surface area (Å²) >= 11 is 0. The summed E-state index contributed by atoms with van der Waals surface area (Å²) < 4.78 is 46.4. The zero-order valence-corrected chi connectivity index (χ0v) is 16.0. The number of pyridine rings is 1. The van der Waals surface area contributed by atoms with Crippen LogP contribution in [-0.4, -0.2) is 24.5 Å². The molecule has 0 unspecified atom stereocenters. The summed E-state index contributed by atoms with van der Waals surface area (Å²) in [6.45, 7) is 0.445. The van der Waals surface area contributed by atoms with Gasteiger partial charge in [-0.15, -0.1) is 0 Å². The second-order valence-corrected chi connectivity index (χ2v) is 6.71. The van der Waals surface area contributed by atoms with Gasteiger partial charge in [0.25, 0.3) is 5.91 Å². The molecule has 0 aliphatic carbocycles. The zero-order chi connectivity index (χ0) is 21.3. The Balaban J connectivity index is 1.96. The normalized spacial score (nSPS) is 12.8. The maximum atomic E-state index is 13.8. The van der Waals surface area contributed by atoms with Crippen molar-refractivity contribution in [2.24, 2.45) is 0 Å². The topological polar surface area (TPSA) is 54.5 Å². The van der Waals surface area contributed by atoms with E-state index in [1.165, 1.54) is 17.3 Å². The van der Waals surface area contributed by atoms with Crippen LogP contribution in [0.3, 0.4) is 0 Å². The van der Waals surface area contributed by atoms with Crippen LogP contribution in [0.2, 0.25) is 0 Å². The van der Waals surface area contributed by atoms with E-state index in [9.17, 15) is 18.0 Å². The average Bonchev–Trinajstić information content (AvgIpc) is 3.21. The van der Waals surface area contributed by atoms with Crippen LogP contribution in [0.25, 0.3) is 0 Å². The van der Waals surface area contributed by atoms with Crippen LogP contribution in [-0.2, 0) is 12.6 Å². The van der Waals surface area contributed by atoms with Gasteiger partial charge in [0.2, 0.25) is 0 Å². The van der Waals surface area contributed by atoms with Gasteiger partial charge in [-0.25, -0.2) is 0 Å². The van der Waals surface area contributed by atoms with Crippen molar-refractivity contribution >= 4 is 23.0 Å². The van der Waals surface area contributed by atoms with Gasteiger partial charge in [0.1, 0.15) is 11.3 Å². The summed E-state index contributed by atoms with van der Waals surface area (Å²) in [4.78, 5) is 19.1. The number of anilines is 3. The maximum Gasteiger partial charge on any atom is 0.420 e. The van der Waals surface area contributed by atoms with Crippen LogP contribution >= 0.6 is 0 Å². The van der Waals surface area contributed by atoms with E-state index in [2.05, 4.69) is 10.3 Å². The molecule has 2 aromatic carbocycles. The van der Waals surface area contributed by atoms with Gasteiger partial charge in [-0.2, -0.15) is 13.2 Å². The number of aromatic nitrogens is 1. The number of hydrogen-bond donors (Lipinski definition) is 1. The molecular weight excluding hydrogens is 395 g/mol. The molecule has 1 aromatic heterocycles. The first-order chi connectivity index (χ1) is 14.4. The third kappa shape index (κ3) is 3.45. The Kier molecular flexibility index (Phi) is 5.07. The predicted octanol–water partition coefficient (Wildman–Crippen LogP) is 5.06. The van der Waals surface area contributed by atoms with Crippen LogP contribution in [0, 0.1) is 0 Å². The van der Waals surface area contributed by atoms with Crippen molar-refractivity contribution in [1.29, 1.82) is 0 Å². The Morgan fingerprint density at radius 3 is 2.40 bits per heavy atom. The maximum absolute atomic E-state index is 13.8. The highest BCUT2D eigenvalue weighted by atomic mass is 19.4. The average molecular weight is 413 g/mol. The highest BCUT2D eigenvalue weighted by Gasteiger charge is 2.40. The molecule has 1 amide bonds. The molecule has 1 aliphatic heterocycles. The van der Waals surface area contributed by atoms with Crippen molar-refractivity contribution in [3.63, 3.8) is 0 Å². The second-order valence-electron chi connectivity index (χ2n) is 6.71. The monoisotopic (exact) mass is 413 g/mol. The highest BCUT2D eigenvalue weighted by Crippen LogP contribution is 2.45. The lowest BCUT2D eigenvalue weighted by Crippen LogP contribution is -2.28. The SMILES string of the molecule is COc1c(C(F)(F)F)cc2c(c1C(=O)N(c1ccccc1)c1ccncc1)CCN2. The van der Waals surface area contributed by atoms with Crippen molar-refractivity contribution in [1.82, 2.24) is 4.98 Å². The van der Waals surface area contributed by atoms with E-state index >= 15 is 0 Å². The molecule has 5 nitrogen and oxygen atoms in total. The van der Waals surface area contributed by atoms with Crippen LogP contribution in [0.5, 0.6) is 5.75 Å². The molecule has 8 heteroatoms. The van der Waals surface area contributed by atoms with Crippen LogP contribution in [0.4, 0.5) is 30.2 Å². The number of halogens is 3. The van der Waals surface area contributed by atoms with Crippen LogP contribution in [0.15, 0.2) is 60.9 Å². The number of rotatable bonds is 4. The van der Waals surface area contributed by atoms with Gasteiger partial charge in [-0.1, -0.05) is 18.2 Å². The summed E-state index contributed by atoms with van der Waals surface area (Å²) in [5.74, 6) is -1.07. The summed E-state index contributed by atoms with van der Waals surface area (Å²) in [6.07, 6.45) is -1.21. The molecule has 0 atom stereocenters. The molecule has 154 valence electrons. The van der Waals surface area contributed by atoms with Crippen molar-refractivity contribution < 1.29 is 22.7 Å². The molecule has 2 heterocycles. The molecule has 0 radical (unpaired) electrons. The number of ether oxygens (including phenoxy) is 1. The summed E-state index contributed by atoms with van der Waals surface area (Å²) in [5, 5.41) is 2.94. The molecule has 30 heavy (non-hydrogen) atoms. The number of nitrogens with one attached hydrogen (secondary N) is 1. The highest BCUT2D eigenvalue weighted by molar-refractivity contribution is 6.14. The number of hydrogen-bond acceptors (Lipinski definition) is 4. The van der Waals surface area contributed by atoms with Crippen molar-refractivity contribution in [3.05, 3.63) is 77.6 Å². The van der Waals surface area contributed by atoms with Gasteiger partial charge < -0.3 is 10.1 Å². The van der Waals surface area contributed by atoms with E-state index in [4.69, 9.17) is 4.74 Å². The first kappa shape index (κ1) is 19.8. The number of alkyl halides is 3. The molecular formula is C22H18F3N3O2. The van der Waals surface area contributed by atoms with E-state index in [1.807, 2.05) is 0 Å². The zero-order valence-electron chi connectivity index (χ0n) is 16.0. The van der Waals surface area contributed by atoms with Crippen molar-refractivity contribution in [3.8, 4) is 5.75 Å². The fourth-order valence-corrected chi connectivity index (χ4v) is 3.66. The van der Waals surface area contributed by atoms with Gasteiger partial charge >= 0.3 is 6.18 Å². The lowest BCUT2D eigenvalue weighted by molar-refractivity contribution is -0.138. The van der Waals surface area contributed by atoms with E-state index in [1.54, 1.807) is 42.5 Å². The quantitative estimate of drug-likeness (QED) is 0.650. The Hall–Kier alpha value is -3.55. The third-order valence-electron chi connectivity index (χ3n) is 4.94. The van der Waals surface area contributed by atoms with Gasteiger partial charge in [-0.3, -0.25) is 14.7 Å². The number of methoxy groups -OCH3 is 1. The minimum atomic E-state index is -4.67. The summed E-state index contributed by atoms with van der Waals surface area (Å²) in [6, 6.07) is 13.0. The van der Waals surface area contributed by atoms with Crippen molar-refractivity contribution in [2.45, 2.75) is 12.6 Å². The van der Waals surface area contributed by atoms with E-state index < -0.39 is 23.4 Å². The van der Waals surface area contributed by atoms with Crippen LogP contribution in [0.1, 0.15) is 21.5 Å². The third-order valence-corrected chi connectivity index (χ3v) is 4.94. The summed E-state index contributed by atoms with van der Waals surface area (Å²) in [5.41, 5.74) is 0.750. The predicted molar refractivity (Wildman–Crippen MR) is 107 cm³/mol. The van der Waals surface area contributed by atoms with E-state index in [-0.39, 0.29) is 5.56 Å². The largest absolute Gasteiger partial charge is 0.495 e. The van der Waals surface area contributed by atoms with Gasteiger partial charge in [0.05, 0.1) is 18.4 Å². The van der Waals surface area contributed by atoms with Crippen LogP contribution < -0.4 is 15.0 Å². The fourth-order valence-electron chi connectivity index (χ4n) is 3.66. The Morgan fingerprint density at radius 1 is 1.10 bits per heavy atom. The molecule has 4 rings (SSSR count). The minimum absolute atomic E-state index is 0.0898. The van der Waals surface area contributed by atoms with Gasteiger partial charge in [0, 0.05) is 30.3 Å². The smallest absolute Gasteiger partial charge is 0.420 e. The molecule has 0 spiro atoms. The van der Waals surface area contributed by atoms with Gasteiger partial charge in [-0.05, 0) is 42.3 Å². The number of carbonyl (C=O) groups excluding carboxylic acids is 1. The van der Waals surface area contributed by atoms with E-state index in [0.717, 1.165) is 13.2 Å². The molecule has 0 bridgehead atoms. The van der Waals surface area contributed by atoms with E-state index in [0.29, 0.717) is 35.6 Å². The molecule has 1 aliphatic rings. The summed E-state index contributed by atoms with van der Waals surface area (Å²) in [7, 11) is 1.15. The molecule has 0 saturated heterocycles. The Bertz CT molecular complexity index is 1030. The standard InChI is InChI=1S/C22H18F3N3O2/c1-30-20-17(22(23,24)25)13-18-16(9-12-27-18)19(20)21(29)28(14-5-3-2-4-6-14)15-7-10-26-11-8-15/h2-8,10-11,13,27H,9,12H2,1H3. The fraction of sp³-hybridized carbons (Fsp3) is 0.182. The second kappa shape index (κ2) is 7.70. The number of amides is 1. The van der Waals surface area contributed by atoms with Gasteiger partial charge in [0.15, 0.2) is 0 Å². The number of fused-ring (bicyclic) bond motifs is 1. The number of nitrogens with zero attached hydrogens (tertiary/aromatic N) is 2. The lowest BCUT2D eigenvalue weighted by Gasteiger charge is -2.26. The number of carbonyl (C=O) groups is 1. The molecule has 0 fully saturated rings. The first-order valence-corrected chi connectivity index (χ1v) is 9.26.